The molecule has 2 saturated heterocycles. The second-order valence-electron chi connectivity index (χ2n) is 9.07. The normalized spacial score (nSPS) is 36.6. The molecular weight excluding hydrogens is 326 g/mol. The van der Waals surface area contributed by atoms with Crippen molar-refractivity contribution in [3.63, 3.8) is 0 Å². The number of rotatable bonds is 6. The minimum Gasteiger partial charge on any atom is -0.381 e. The molecule has 150 valence electrons. The molecule has 2 N–H and O–H groups in total. The third kappa shape index (κ3) is 4.12. The van der Waals surface area contributed by atoms with Crippen LogP contribution in [0.1, 0.15) is 57.8 Å². The molecule has 5 nitrogen and oxygen atoms in total. The summed E-state index contributed by atoms with van der Waals surface area (Å²) in [6.07, 6.45) is 12.5. The van der Waals surface area contributed by atoms with Gasteiger partial charge in [-0.15, -0.1) is 0 Å². The van der Waals surface area contributed by atoms with Gasteiger partial charge in [-0.25, -0.2) is 0 Å². The highest BCUT2D eigenvalue weighted by atomic mass is 16.5. The van der Waals surface area contributed by atoms with Crippen LogP contribution in [0.4, 0.5) is 0 Å². The van der Waals surface area contributed by atoms with Crippen molar-refractivity contribution in [3.8, 4) is 0 Å². The maximum Gasteiger partial charge on any atom is 0.0623 e. The molecule has 0 bridgehead atoms. The van der Waals surface area contributed by atoms with Gasteiger partial charge in [-0.1, -0.05) is 19.3 Å². The fourth-order valence-corrected chi connectivity index (χ4v) is 6.11. The van der Waals surface area contributed by atoms with E-state index < -0.39 is 0 Å². The zero-order valence-corrected chi connectivity index (χ0v) is 16.7. The quantitative estimate of drug-likeness (QED) is 0.755. The number of nitrogens with one attached hydrogen (secondary N) is 2. The zero-order chi connectivity index (χ0) is 17.8. The number of methoxy groups -OCH3 is 1. The molecular formula is C21H39N3O2. The number of likely N-dealkylation sites (tertiary alicyclic amines) is 1. The number of morpholine rings is 1. The average molecular weight is 366 g/mol. The monoisotopic (exact) mass is 365 g/mol. The van der Waals surface area contributed by atoms with Gasteiger partial charge in [-0.3, -0.25) is 4.90 Å². The molecule has 26 heavy (non-hydrogen) atoms. The molecule has 5 heteroatoms. The van der Waals surface area contributed by atoms with Gasteiger partial charge < -0.3 is 20.1 Å². The molecule has 2 saturated carbocycles. The van der Waals surface area contributed by atoms with Gasteiger partial charge in [0.2, 0.25) is 0 Å². The van der Waals surface area contributed by atoms with Crippen molar-refractivity contribution in [1.29, 1.82) is 0 Å². The predicted octanol–water partition coefficient (Wildman–Crippen LogP) is 2.16. The minimum absolute atomic E-state index is 0.405. The Morgan fingerprint density at radius 2 is 1.92 bits per heavy atom. The zero-order valence-electron chi connectivity index (χ0n) is 16.7. The summed E-state index contributed by atoms with van der Waals surface area (Å²) in [6, 6.07) is 1.23. The van der Waals surface area contributed by atoms with Crippen LogP contribution in [0.5, 0.6) is 0 Å². The Bertz CT molecular complexity index is 427. The van der Waals surface area contributed by atoms with Crippen LogP contribution in [0.25, 0.3) is 0 Å². The highest BCUT2D eigenvalue weighted by Crippen LogP contribution is 2.38. The Morgan fingerprint density at radius 3 is 2.62 bits per heavy atom. The molecule has 0 amide bonds. The first-order valence-corrected chi connectivity index (χ1v) is 11.1. The summed E-state index contributed by atoms with van der Waals surface area (Å²) in [5.41, 5.74) is 0.405. The van der Waals surface area contributed by atoms with Gasteiger partial charge in [0.05, 0.1) is 19.3 Å². The molecule has 4 rings (SSSR count). The first kappa shape index (κ1) is 19.1. The summed E-state index contributed by atoms with van der Waals surface area (Å²) in [4.78, 5) is 2.81. The van der Waals surface area contributed by atoms with E-state index in [0.29, 0.717) is 23.7 Å². The molecule has 0 aromatic heterocycles. The molecule has 2 heterocycles. The minimum atomic E-state index is 0.405. The van der Waals surface area contributed by atoms with Crippen molar-refractivity contribution in [2.24, 2.45) is 5.92 Å². The lowest BCUT2D eigenvalue weighted by atomic mass is 9.89. The van der Waals surface area contributed by atoms with Crippen molar-refractivity contribution in [2.75, 3.05) is 46.5 Å². The lowest BCUT2D eigenvalue weighted by Crippen LogP contribution is -2.59. The van der Waals surface area contributed by atoms with Crippen molar-refractivity contribution in [3.05, 3.63) is 0 Å². The van der Waals surface area contributed by atoms with Gasteiger partial charge >= 0.3 is 0 Å². The third-order valence-electron chi connectivity index (χ3n) is 7.71. The molecule has 0 aromatic rings. The number of hydrogen-bond acceptors (Lipinski definition) is 5. The van der Waals surface area contributed by atoms with Crippen LogP contribution in [0.2, 0.25) is 0 Å². The fourth-order valence-electron chi connectivity index (χ4n) is 6.11. The van der Waals surface area contributed by atoms with Crippen LogP contribution in [-0.2, 0) is 9.47 Å². The SMILES string of the molecule is COC1CCN(C2(CNC3CCCC3C3COCCN3)CCCC2)CC1. The van der Waals surface area contributed by atoms with Gasteiger partial charge in [0.15, 0.2) is 0 Å². The van der Waals surface area contributed by atoms with Crippen LogP contribution >= 0.6 is 0 Å². The smallest absolute Gasteiger partial charge is 0.0623 e. The molecule has 0 spiro atoms. The predicted molar refractivity (Wildman–Crippen MR) is 105 cm³/mol. The Hall–Kier alpha value is -0.200. The van der Waals surface area contributed by atoms with Crippen molar-refractivity contribution in [2.45, 2.75) is 81.5 Å². The largest absolute Gasteiger partial charge is 0.381 e. The molecule has 2 aliphatic heterocycles. The van der Waals surface area contributed by atoms with Gasteiger partial charge in [-0.05, 0) is 44.4 Å². The van der Waals surface area contributed by atoms with Crippen LogP contribution in [-0.4, -0.2) is 75.1 Å². The molecule has 4 aliphatic rings. The van der Waals surface area contributed by atoms with Crippen LogP contribution in [0.3, 0.4) is 0 Å². The van der Waals surface area contributed by atoms with Crippen LogP contribution in [0.15, 0.2) is 0 Å². The van der Waals surface area contributed by atoms with Crippen LogP contribution in [0, 0.1) is 5.92 Å². The summed E-state index contributed by atoms with van der Waals surface area (Å²) in [5, 5.41) is 7.78. The second kappa shape index (κ2) is 8.87. The lowest BCUT2D eigenvalue weighted by Gasteiger charge is -2.46. The Kier molecular flexibility index (Phi) is 6.53. The highest BCUT2D eigenvalue weighted by Gasteiger charge is 2.42. The Labute approximate surface area is 159 Å². The fraction of sp³-hybridized carbons (Fsp3) is 1.00. The summed E-state index contributed by atoms with van der Waals surface area (Å²) in [6.45, 7) is 6.41. The van der Waals surface area contributed by atoms with E-state index >= 15 is 0 Å². The van der Waals surface area contributed by atoms with E-state index in [1.54, 1.807) is 0 Å². The van der Waals surface area contributed by atoms with Gasteiger partial charge in [0.25, 0.3) is 0 Å². The first-order chi connectivity index (χ1) is 12.8. The summed E-state index contributed by atoms with van der Waals surface area (Å²) in [5.74, 6) is 0.744. The molecule has 3 unspecified atom stereocenters. The summed E-state index contributed by atoms with van der Waals surface area (Å²) in [7, 11) is 1.87. The topological polar surface area (TPSA) is 45.8 Å². The van der Waals surface area contributed by atoms with E-state index in [9.17, 15) is 0 Å². The molecule has 0 aromatic carbocycles. The number of nitrogens with zero attached hydrogens (tertiary/aromatic N) is 1. The van der Waals surface area contributed by atoms with Crippen molar-refractivity contribution < 1.29 is 9.47 Å². The van der Waals surface area contributed by atoms with E-state index in [2.05, 4.69) is 15.5 Å². The Morgan fingerprint density at radius 1 is 1.12 bits per heavy atom. The molecule has 2 aliphatic carbocycles. The summed E-state index contributed by atoms with van der Waals surface area (Å²) >= 11 is 0. The van der Waals surface area contributed by atoms with Gasteiger partial charge in [-0.2, -0.15) is 0 Å². The third-order valence-corrected chi connectivity index (χ3v) is 7.71. The lowest BCUT2D eigenvalue weighted by molar-refractivity contribution is -0.00497. The summed E-state index contributed by atoms with van der Waals surface area (Å²) < 4.78 is 11.3. The van der Waals surface area contributed by atoms with E-state index in [1.807, 2.05) is 7.11 Å². The van der Waals surface area contributed by atoms with Gasteiger partial charge in [0, 0.05) is 50.9 Å². The number of piperidine rings is 1. The molecule has 4 fully saturated rings. The number of hydrogen-bond donors (Lipinski definition) is 2. The maximum absolute atomic E-state index is 5.75. The van der Waals surface area contributed by atoms with E-state index in [1.165, 1.54) is 77.4 Å². The highest BCUT2D eigenvalue weighted by molar-refractivity contribution is 5.01. The van der Waals surface area contributed by atoms with E-state index in [0.717, 1.165) is 25.7 Å². The number of ether oxygens (including phenoxy) is 2. The Balaban J connectivity index is 1.35. The first-order valence-electron chi connectivity index (χ1n) is 11.1. The standard InChI is InChI=1S/C21H39N3O2/c1-25-17-7-12-24(13-8-17)21(9-2-3-10-21)16-23-19-6-4-5-18(19)20-15-26-14-11-22-20/h17-20,22-23H,2-16H2,1H3. The van der Waals surface area contributed by atoms with Crippen molar-refractivity contribution in [1.82, 2.24) is 15.5 Å². The maximum atomic E-state index is 5.75. The molecule has 0 radical (unpaired) electrons. The second-order valence-corrected chi connectivity index (χ2v) is 9.07. The van der Waals surface area contributed by atoms with Crippen LogP contribution < -0.4 is 10.6 Å². The van der Waals surface area contributed by atoms with Gasteiger partial charge in [0.1, 0.15) is 0 Å². The van der Waals surface area contributed by atoms with E-state index in [4.69, 9.17) is 9.47 Å². The van der Waals surface area contributed by atoms with E-state index in [-0.39, 0.29) is 0 Å². The van der Waals surface area contributed by atoms with Crippen molar-refractivity contribution >= 4 is 0 Å². The average Bonchev–Trinajstić information content (AvgIpc) is 3.37. The molecule has 3 atom stereocenters.